The molecule has 1 rings (SSSR count). The molecular weight excluding hydrogens is 220 g/mol. The third-order valence-corrected chi connectivity index (χ3v) is 2.59. The molecule has 0 atom stereocenters. The largest absolute Gasteiger partial charge is 0.395 e. The Labute approximate surface area is 101 Å². The second kappa shape index (κ2) is 5.75. The smallest absolute Gasteiger partial charge is 0.256 e. The topological polar surface area (TPSA) is 73.7 Å². The summed E-state index contributed by atoms with van der Waals surface area (Å²) in [6, 6.07) is 3.34. The van der Waals surface area contributed by atoms with Crippen molar-refractivity contribution in [2.75, 3.05) is 19.8 Å². The number of amides is 1. The molecule has 1 amide bonds. The van der Waals surface area contributed by atoms with Gasteiger partial charge in [0, 0.05) is 18.9 Å². The number of pyridine rings is 1. The van der Waals surface area contributed by atoms with Gasteiger partial charge in [0.2, 0.25) is 0 Å². The summed E-state index contributed by atoms with van der Waals surface area (Å²) in [6.45, 7) is 3.36. The Balaban J connectivity index is 2.96. The van der Waals surface area contributed by atoms with Crippen molar-refractivity contribution in [3.05, 3.63) is 30.1 Å². The molecule has 94 valence electrons. The van der Waals surface area contributed by atoms with E-state index >= 15 is 0 Å². The van der Waals surface area contributed by atoms with E-state index in [-0.39, 0.29) is 25.7 Å². The first-order chi connectivity index (χ1) is 8.03. The molecule has 0 saturated carbocycles. The maximum Gasteiger partial charge on any atom is 0.256 e. The minimum absolute atomic E-state index is 0.143. The molecule has 0 radical (unpaired) electrons. The highest BCUT2D eigenvalue weighted by Gasteiger charge is 2.30. The molecule has 1 aromatic rings. The van der Waals surface area contributed by atoms with Crippen molar-refractivity contribution in [1.82, 2.24) is 9.88 Å². The Bertz CT molecular complexity index is 365. The highest BCUT2D eigenvalue weighted by atomic mass is 16.3. The molecule has 0 aliphatic rings. The van der Waals surface area contributed by atoms with Gasteiger partial charge in [0.25, 0.3) is 5.91 Å². The number of aliphatic hydroxyl groups is 2. The Morgan fingerprint density at radius 2 is 2.18 bits per heavy atom. The van der Waals surface area contributed by atoms with Crippen molar-refractivity contribution in [2.24, 2.45) is 0 Å². The van der Waals surface area contributed by atoms with E-state index in [0.717, 1.165) is 0 Å². The summed E-state index contributed by atoms with van der Waals surface area (Å²) in [7, 11) is 0. The van der Waals surface area contributed by atoms with Crippen LogP contribution in [0.4, 0.5) is 0 Å². The number of hydrogen-bond donors (Lipinski definition) is 2. The highest BCUT2D eigenvalue weighted by molar-refractivity contribution is 5.94. The van der Waals surface area contributed by atoms with Crippen LogP contribution >= 0.6 is 0 Å². The summed E-state index contributed by atoms with van der Waals surface area (Å²) in [5.74, 6) is -0.244. The summed E-state index contributed by atoms with van der Waals surface area (Å²) in [4.78, 5) is 17.5. The van der Waals surface area contributed by atoms with Crippen molar-refractivity contribution in [2.45, 2.75) is 19.4 Å². The zero-order valence-electron chi connectivity index (χ0n) is 10.1. The zero-order valence-corrected chi connectivity index (χ0v) is 10.1. The van der Waals surface area contributed by atoms with Gasteiger partial charge >= 0.3 is 0 Å². The average Bonchev–Trinajstić information content (AvgIpc) is 2.36. The molecule has 0 saturated heterocycles. The van der Waals surface area contributed by atoms with E-state index < -0.39 is 5.54 Å². The van der Waals surface area contributed by atoms with Gasteiger partial charge in [-0.05, 0) is 26.0 Å². The third-order valence-electron chi connectivity index (χ3n) is 2.59. The van der Waals surface area contributed by atoms with Gasteiger partial charge in [-0.25, -0.2) is 0 Å². The van der Waals surface area contributed by atoms with Crippen molar-refractivity contribution in [1.29, 1.82) is 0 Å². The Kier molecular flexibility index (Phi) is 4.60. The number of hydrogen-bond acceptors (Lipinski definition) is 4. The van der Waals surface area contributed by atoms with Gasteiger partial charge in [-0.1, -0.05) is 0 Å². The predicted molar refractivity (Wildman–Crippen MR) is 63.5 cm³/mol. The fourth-order valence-electron chi connectivity index (χ4n) is 1.51. The number of carbonyl (C=O) groups is 1. The van der Waals surface area contributed by atoms with Crippen molar-refractivity contribution in [3.63, 3.8) is 0 Å². The van der Waals surface area contributed by atoms with Crippen LogP contribution < -0.4 is 0 Å². The van der Waals surface area contributed by atoms with Crippen LogP contribution in [0.5, 0.6) is 0 Å². The first kappa shape index (κ1) is 13.6. The lowest BCUT2D eigenvalue weighted by Gasteiger charge is -2.36. The number of rotatable bonds is 5. The van der Waals surface area contributed by atoms with E-state index in [0.29, 0.717) is 5.56 Å². The molecule has 1 heterocycles. The zero-order chi connectivity index (χ0) is 12.9. The van der Waals surface area contributed by atoms with Gasteiger partial charge < -0.3 is 15.1 Å². The molecule has 1 aromatic heterocycles. The Morgan fingerprint density at radius 1 is 1.47 bits per heavy atom. The van der Waals surface area contributed by atoms with Crippen LogP contribution in [-0.4, -0.2) is 51.3 Å². The summed E-state index contributed by atoms with van der Waals surface area (Å²) in [6.07, 6.45) is 3.06. The van der Waals surface area contributed by atoms with Crippen LogP contribution in [-0.2, 0) is 0 Å². The molecule has 0 fully saturated rings. The van der Waals surface area contributed by atoms with E-state index in [9.17, 15) is 9.90 Å². The molecule has 5 heteroatoms. The van der Waals surface area contributed by atoms with Gasteiger partial charge in [-0.3, -0.25) is 9.78 Å². The van der Waals surface area contributed by atoms with Crippen LogP contribution in [0.3, 0.4) is 0 Å². The molecule has 0 aliphatic heterocycles. The highest BCUT2D eigenvalue weighted by Crippen LogP contribution is 2.16. The number of carbonyl (C=O) groups excluding carboxylic acids is 1. The Hall–Kier alpha value is -1.46. The monoisotopic (exact) mass is 238 g/mol. The lowest BCUT2D eigenvalue weighted by molar-refractivity contribution is 0.0307. The summed E-state index contributed by atoms with van der Waals surface area (Å²) in [5, 5.41) is 18.3. The quantitative estimate of drug-likeness (QED) is 0.773. The average molecular weight is 238 g/mol. The van der Waals surface area contributed by atoms with Crippen LogP contribution in [0.1, 0.15) is 24.2 Å². The standard InChI is InChI=1S/C12H18N2O3/c1-12(2,9-16)14(6-7-15)11(17)10-4-3-5-13-8-10/h3-5,8,15-16H,6-7,9H2,1-2H3. The molecular formula is C12H18N2O3. The van der Waals surface area contributed by atoms with Gasteiger partial charge in [0.05, 0.1) is 24.3 Å². The van der Waals surface area contributed by atoms with Gasteiger partial charge in [0.1, 0.15) is 0 Å². The van der Waals surface area contributed by atoms with Gasteiger partial charge in [-0.2, -0.15) is 0 Å². The first-order valence-corrected chi connectivity index (χ1v) is 5.46. The van der Waals surface area contributed by atoms with E-state index in [4.69, 9.17) is 5.11 Å². The lowest BCUT2D eigenvalue weighted by atomic mass is 10.0. The van der Waals surface area contributed by atoms with Crippen LogP contribution in [0.2, 0.25) is 0 Å². The first-order valence-electron chi connectivity index (χ1n) is 5.46. The van der Waals surface area contributed by atoms with E-state index in [1.165, 1.54) is 11.1 Å². The predicted octanol–water partition coefficient (Wildman–Crippen LogP) is 0.287. The van der Waals surface area contributed by atoms with Crippen LogP contribution in [0, 0.1) is 0 Å². The summed E-state index contributed by atoms with van der Waals surface area (Å²) < 4.78 is 0. The van der Waals surface area contributed by atoms with Crippen molar-refractivity contribution < 1.29 is 15.0 Å². The second-order valence-electron chi connectivity index (χ2n) is 4.39. The van der Waals surface area contributed by atoms with Gasteiger partial charge in [0.15, 0.2) is 0 Å². The molecule has 0 spiro atoms. The third kappa shape index (κ3) is 3.25. The van der Waals surface area contributed by atoms with Crippen LogP contribution in [0.25, 0.3) is 0 Å². The Morgan fingerprint density at radius 3 is 2.65 bits per heavy atom. The van der Waals surface area contributed by atoms with Crippen molar-refractivity contribution >= 4 is 5.91 Å². The molecule has 0 aliphatic carbocycles. The minimum atomic E-state index is -0.713. The fourth-order valence-corrected chi connectivity index (χ4v) is 1.51. The van der Waals surface area contributed by atoms with Gasteiger partial charge in [-0.15, -0.1) is 0 Å². The SMILES string of the molecule is CC(C)(CO)N(CCO)C(=O)c1cccnc1. The summed E-state index contributed by atoms with van der Waals surface area (Å²) in [5.41, 5.74) is -0.266. The van der Waals surface area contributed by atoms with E-state index in [1.807, 2.05) is 0 Å². The fraction of sp³-hybridized carbons (Fsp3) is 0.500. The molecule has 0 aromatic carbocycles. The maximum atomic E-state index is 12.2. The minimum Gasteiger partial charge on any atom is -0.395 e. The molecule has 17 heavy (non-hydrogen) atoms. The maximum absolute atomic E-state index is 12.2. The molecule has 0 bridgehead atoms. The van der Waals surface area contributed by atoms with Crippen LogP contribution in [0.15, 0.2) is 24.5 Å². The number of nitrogens with zero attached hydrogens (tertiary/aromatic N) is 2. The molecule has 0 unspecified atom stereocenters. The second-order valence-corrected chi connectivity index (χ2v) is 4.39. The number of aliphatic hydroxyl groups excluding tert-OH is 2. The van der Waals surface area contributed by atoms with Crippen molar-refractivity contribution in [3.8, 4) is 0 Å². The normalized spacial score (nSPS) is 11.3. The summed E-state index contributed by atoms with van der Waals surface area (Å²) >= 11 is 0. The molecule has 5 nitrogen and oxygen atoms in total. The van der Waals surface area contributed by atoms with E-state index in [2.05, 4.69) is 4.98 Å². The van der Waals surface area contributed by atoms with E-state index in [1.54, 1.807) is 32.2 Å². The number of β-amino-alcohol motifs (C(OH)–C–C–N with tert-alkyl or cyclic N) is 1. The number of aromatic nitrogens is 1. The molecule has 2 N–H and O–H groups in total. The lowest BCUT2D eigenvalue weighted by Crippen LogP contribution is -2.51.